The van der Waals surface area contributed by atoms with Crippen molar-refractivity contribution in [2.24, 2.45) is 0 Å². The fourth-order valence-corrected chi connectivity index (χ4v) is 8.82. The fraction of sp³-hybridized carbons (Fsp3) is 0. The van der Waals surface area contributed by atoms with Gasteiger partial charge in [-0.15, -0.1) is 0 Å². The second-order valence-corrected chi connectivity index (χ2v) is 14.0. The SMILES string of the molecule is N#Cc1cc(C#N)cc(-c2cc(-n3c4ccccc4c4ccccc43)cc3c4ccc5c(c6ccccc6n5-c5ccccc5)c4n(-c4ccccc4)c23)c1. The van der Waals surface area contributed by atoms with E-state index in [1.54, 1.807) is 6.07 Å². The van der Waals surface area contributed by atoms with Crippen LogP contribution in [0.1, 0.15) is 11.1 Å². The molecule has 0 N–H and O–H groups in total. The molecular weight excluding hydrogens is 671 g/mol. The van der Waals surface area contributed by atoms with Crippen LogP contribution in [0.3, 0.4) is 0 Å². The van der Waals surface area contributed by atoms with Gasteiger partial charge in [0.05, 0.1) is 56.4 Å². The third kappa shape index (κ3) is 4.45. The van der Waals surface area contributed by atoms with Gasteiger partial charge in [-0.1, -0.05) is 97.1 Å². The van der Waals surface area contributed by atoms with Gasteiger partial charge in [0.1, 0.15) is 0 Å². The summed E-state index contributed by atoms with van der Waals surface area (Å²) in [5.74, 6) is 0. The Balaban J connectivity index is 1.39. The largest absolute Gasteiger partial charge is 0.309 e. The Kier molecular flexibility index (Phi) is 6.61. The van der Waals surface area contributed by atoms with Gasteiger partial charge in [0.2, 0.25) is 0 Å². The zero-order chi connectivity index (χ0) is 36.6. The summed E-state index contributed by atoms with van der Waals surface area (Å²) >= 11 is 0. The highest BCUT2D eigenvalue weighted by molar-refractivity contribution is 6.27. The molecule has 11 aromatic rings. The second kappa shape index (κ2) is 11.8. The normalized spacial score (nSPS) is 11.6. The van der Waals surface area contributed by atoms with E-state index in [-0.39, 0.29) is 0 Å². The molecule has 0 aliphatic heterocycles. The van der Waals surface area contributed by atoms with E-state index in [2.05, 4.69) is 177 Å². The second-order valence-electron chi connectivity index (χ2n) is 14.0. The van der Waals surface area contributed by atoms with E-state index >= 15 is 0 Å². The highest BCUT2D eigenvalue weighted by Crippen LogP contribution is 2.46. The minimum Gasteiger partial charge on any atom is -0.309 e. The van der Waals surface area contributed by atoms with Gasteiger partial charge in [-0.3, -0.25) is 0 Å². The highest BCUT2D eigenvalue weighted by atomic mass is 15.0. The molecule has 0 bridgehead atoms. The Hall–Kier alpha value is -7.86. The van der Waals surface area contributed by atoms with Crippen LogP contribution in [0.25, 0.3) is 93.6 Å². The number of para-hydroxylation sites is 5. The van der Waals surface area contributed by atoms with Crippen molar-refractivity contribution < 1.29 is 0 Å². The molecule has 8 aromatic carbocycles. The molecule has 5 nitrogen and oxygen atoms in total. The van der Waals surface area contributed by atoms with E-state index in [1.807, 2.05) is 18.2 Å². The van der Waals surface area contributed by atoms with E-state index < -0.39 is 0 Å². The number of nitrogens with zero attached hydrogens (tertiary/aromatic N) is 5. The molecule has 0 atom stereocenters. The maximum atomic E-state index is 10.2. The zero-order valence-electron chi connectivity index (χ0n) is 29.5. The van der Waals surface area contributed by atoms with Gasteiger partial charge in [0.15, 0.2) is 0 Å². The van der Waals surface area contributed by atoms with Gasteiger partial charge >= 0.3 is 0 Å². The number of aromatic nitrogens is 3. The first-order valence-electron chi connectivity index (χ1n) is 18.3. The minimum absolute atomic E-state index is 0.445. The van der Waals surface area contributed by atoms with Crippen LogP contribution >= 0.6 is 0 Å². The smallest absolute Gasteiger partial charge is 0.0992 e. The first kappa shape index (κ1) is 30.7. The molecule has 0 unspecified atom stereocenters. The van der Waals surface area contributed by atoms with Gasteiger partial charge in [0.25, 0.3) is 0 Å². The summed E-state index contributed by atoms with van der Waals surface area (Å²) in [7, 11) is 0. The fourth-order valence-electron chi connectivity index (χ4n) is 8.82. The Morgan fingerprint density at radius 2 is 0.855 bits per heavy atom. The Labute approximate surface area is 316 Å². The van der Waals surface area contributed by atoms with E-state index in [0.29, 0.717) is 11.1 Å². The van der Waals surface area contributed by atoms with Gasteiger partial charge < -0.3 is 13.7 Å². The van der Waals surface area contributed by atoms with Crippen LogP contribution in [0.5, 0.6) is 0 Å². The molecule has 3 aromatic heterocycles. The summed E-state index contributed by atoms with van der Waals surface area (Å²) in [5.41, 5.74) is 12.3. The quantitative estimate of drug-likeness (QED) is 0.184. The molecule has 0 aliphatic carbocycles. The average molecular weight is 700 g/mol. The lowest BCUT2D eigenvalue weighted by Gasteiger charge is -2.16. The van der Waals surface area contributed by atoms with Gasteiger partial charge in [-0.05, 0) is 84.4 Å². The first-order valence-corrected chi connectivity index (χ1v) is 18.3. The lowest BCUT2D eigenvalue weighted by atomic mass is 9.97. The lowest BCUT2D eigenvalue weighted by molar-refractivity contribution is 1.17. The predicted octanol–water partition coefficient (Wildman–Crippen LogP) is 12.4. The Morgan fingerprint density at radius 1 is 0.345 bits per heavy atom. The number of fused-ring (bicyclic) bond motifs is 10. The highest BCUT2D eigenvalue weighted by Gasteiger charge is 2.25. The number of nitriles is 2. The van der Waals surface area contributed by atoms with E-state index in [0.717, 1.165) is 82.8 Å². The topological polar surface area (TPSA) is 62.4 Å². The molecule has 0 radical (unpaired) electrons. The third-order valence-corrected chi connectivity index (χ3v) is 11.0. The molecule has 0 saturated carbocycles. The van der Waals surface area contributed by atoms with E-state index in [4.69, 9.17) is 0 Å². The van der Waals surface area contributed by atoms with E-state index in [9.17, 15) is 10.5 Å². The third-order valence-electron chi connectivity index (χ3n) is 11.0. The summed E-state index contributed by atoms with van der Waals surface area (Å²) in [4.78, 5) is 0. The molecule has 0 aliphatic rings. The first-order chi connectivity index (χ1) is 27.2. The zero-order valence-corrected chi connectivity index (χ0v) is 29.5. The van der Waals surface area contributed by atoms with Crippen LogP contribution in [0.15, 0.2) is 176 Å². The van der Waals surface area contributed by atoms with E-state index in [1.165, 1.54) is 10.8 Å². The number of hydrogen-bond donors (Lipinski definition) is 0. The molecule has 5 heteroatoms. The molecule has 0 spiro atoms. The molecule has 0 fully saturated rings. The van der Waals surface area contributed by atoms with Crippen molar-refractivity contribution in [1.82, 2.24) is 13.7 Å². The van der Waals surface area contributed by atoms with Crippen molar-refractivity contribution in [2.45, 2.75) is 0 Å². The Bertz CT molecular complexity index is 3350. The van der Waals surface area contributed by atoms with Gasteiger partial charge in [0, 0.05) is 54.9 Å². The minimum atomic E-state index is 0.445. The summed E-state index contributed by atoms with van der Waals surface area (Å²) in [6, 6.07) is 66.0. The predicted molar refractivity (Wildman–Crippen MR) is 224 cm³/mol. The van der Waals surface area contributed by atoms with Crippen molar-refractivity contribution in [3.63, 3.8) is 0 Å². The number of benzene rings is 8. The molecule has 0 saturated heterocycles. The molecule has 11 rings (SSSR count). The van der Waals surface area contributed by atoms with Crippen LogP contribution < -0.4 is 0 Å². The van der Waals surface area contributed by atoms with Crippen molar-refractivity contribution in [1.29, 1.82) is 10.5 Å². The van der Waals surface area contributed by atoms with Crippen LogP contribution in [0.4, 0.5) is 0 Å². The number of rotatable bonds is 4. The van der Waals surface area contributed by atoms with Crippen molar-refractivity contribution in [3.8, 4) is 40.3 Å². The van der Waals surface area contributed by atoms with Crippen molar-refractivity contribution >= 4 is 65.4 Å². The van der Waals surface area contributed by atoms with Crippen LogP contribution in [-0.2, 0) is 0 Å². The van der Waals surface area contributed by atoms with Crippen LogP contribution in [-0.4, -0.2) is 13.7 Å². The average Bonchev–Trinajstić information content (AvgIpc) is 3.89. The maximum Gasteiger partial charge on any atom is 0.0992 e. The maximum absolute atomic E-state index is 10.2. The number of hydrogen-bond acceptors (Lipinski definition) is 2. The van der Waals surface area contributed by atoms with Crippen LogP contribution in [0, 0.1) is 22.7 Å². The van der Waals surface area contributed by atoms with Crippen molar-refractivity contribution in [2.75, 3.05) is 0 Å². The molecular formula is C50H29N5. The van der Waals surface area contributed by atoms with Crippen molar-refractivity contribution in [3.05, 3.63) is 187 Å². The van der Waals surface area contributed by atoms with Crippen LogP contribution in [0.2, 0.25) is 0 Å². The summed E-state index contributed by atoms with van der Waals surface area (Å²) in [6.45, 7) is 0. The van der Waals surface area contributed by atoms with Gasteiger partial charge in [-0.2, -0.15) is 10.5 Å². The lowest BCUT2D eigenvalue weighted by Crippen LogP contribution is -1.99. The molecule has 254 valence electrons. The summed E-state index contributed by atoms with van der Waals surface area (Å²) < 4.78 is 7.10. The molecule has 0 amide bonds. The molecule has 55 heavy (non-hydrogen) atoms. The van der Waals surface area contributed by atoms with Gasteiger partial charge in [-0.25, -0.2) is 0 Å². The molecule has 3 heterocycles. The summed E-state index contributed by atoms with van der Waals surface area (Å²) in [5, 5.41) is 27.2. The standard InChI is InChI=1S/C50H29N5/c51-30-32-25-33(31-52)27-34(26-32)42-28-37(54-44-20-10-7-17-38(44)39-18-8-11-21-45(39)54)29-43-40-23-24-47-48(50(40)55(49(42)43)36-15-5-2-6-16-36)41-19-9-12-22-46(41)53(47)35-13-3-1-4-14-35/h1-29H. The monoisotopic (exact) mass is 699 g/mol. The summed E-state index contributed by atoms with van der Waals surface area (Å²) in [6.07, 6.45) is 0. The Morgan fingerprint density at radius 3 is 1.45 bits per heavy atom.